The summed E-state index contributed by atoms with van der Waals surface area (Å²) in [5.74, 6) is 0.305. The van der Waals surface area contributed by atoms with Gasteiger partial charge in [-0.25, -0.2) is 9.97 Å². The van der Waals surface area contributed by atoms with Crippen LogP contribution >= 0.6 is 11.5 Å². The number of aryl methyl sites for hydroxylation is 1. The van der Waals surface area contributed by atoms with Crippen LogP contribution in [0.2, 0.25) is 0 Å². The summed E-state index contributed by atoms with van der Waals surface area (Å²) in [5, 5.41) is 0. The third-order valence-electron chi connectivity index (χ3n) is 2.78. The highest BCUT2D eigenvalue weighted by molar-refractivity contribution is 7.10. The van der Waals surface area contributed by atoms with Crippen LogP contribution in [0, 0.1) is 6.92 Å². The summed E-state index contributed by atoms with van der Waals surface area (Å²) >= 11 is 1.54. The predicted molar refractivity (Wildman–Crippen MR) is 93.6 cm³/mol. The molecular weight excluding hydrogens is 294 g/mol. The molecule has 0 atom stereocenters. The highest BCUT2D eigenvalue weighted by atomic mass is 32.1. The summed E-state index contributed by atoms with van der Waals surface area (Å²) in [4.78, 5) is 9.65. The molecule has 0 aliphatic carbocycles. The zero-order chi connectivity index (χ0) is 16.1. The van der Waals surface area contributed by atoms with Gasteiger partial charge in [-0.3, -0.25) is 0 Å². The number of H-pyrrole nitrogens is 1. The molecule has 0 bridgehead atoms. The molecule has 22 heavy (non-hydrogen) atoms. The van der Waals surface area contributed by atoms with Gasteiger partial charge in [-0.05, 0) is 24.6 Å². The quantitative estimate of drug-likeness (QED) is 0.675. The summed E-state index contributed by atoms with van der Waals surface area (Å²) in [6.07, 6.45) is 1.91. The highest BCUT2D eigenvalue weighted by Crippen LogP contribution is 2.28. The molecule has 5 nitrogen and oxygen atoms in total. The standard InChI is InChI=1S/C13H12N4S.C3H9N/c1-8-4-2-3-5-9(8)10-6-11(12-7-15-18-12)17-13(14)16-10;1-3(2)4/h2-7,15H,1H3,(H2,14,16,17);3H,4H2,1-2H3. The topological polar surface area (TPSA) is 93.6 Å². The first kappa shape index (κ1) is 16.2. The normalized spacial score (nSPS) is 10.4. The molecule has 0 saturated carbocycles. The van der Waals surface area contributed by atoms with E-state index in [1.807, 2.05) is 44.3 Å². The minimum Gasteiger partial charge on any atom is -0.368 e. The molecular formula is C16H21N5S. The van der Waals surface area contributed by atoms with E-state index in [4.69, 9.17) is 11.5 Å². The van der Waals surface area contributed by atoms with Gasteiger partial charge in [0.05, 0.1) is 16.3 Å². The maximum Gasteiger partial charge on any atom is 0.221 e. The summed E-state index contributed by atoms with van der Waals surface area (Å²) in [6.45, 7) is 5.95. The number of rotatable bonds is 2. The minimum absolute atomic E-state index is 0.305. The van der Waals surface area contributed by atoms with Crippen LogP contribution in [-0.4, -0.2) is 20.4 Å². The molecule has 2 aromatic heterocycles. The van der Waals surface area contributed by atoms with E-state index in [1.165, 1.54) is 5.56 Å². The largest absolute Gasteiger partial charge is 0.368 e. The van der Waals surface area contributed by atoms with Gasteiger partial charge in [0.15, 0.2) is 0 Å². The number of anilines is 1. The van der Waals surface area contributed by atoms with Crippen molar-refractivity contribution in [1.29, 1.82) is 0 Å². The number of nitrogens with zero attached hydrogens (tertiary/aromatic N) is 2. The van der Waals surface area contributed by atoms with Gasteiger partial charge < -0.3 is 15.8 Å². The Labute approximate surface area is 134 Å². The monoisotopic (exact) mass is 315 g/mol. The van der Waals surface area contributed by atoms with Crippen molar-refractivity contribution in [2.75, 3.05) is 5.73 Å². The zero-order valence-electron chi connectivity index (χ0n) is 13.0. The average Bonchev–Trinajstić information content (AvgIpc) is 2.35. The van der Waals surface area contributed by atoms with E-state index in [2.05, 4.69) is 27.3 Å². The van der Waals surface area contributed by atoms with E-state index in [1.54, 1.807) is 11.5 Å². The fourth-order valence-electron chi connectivity index (χ4n) is 1.83. The molecule has 0 saturated heterocycles. The molecule has 3 rings (SSSR count). The van der Waals surface area contributed by atoms with E-state index >= 15 is 0 Å². The molecule has 0 spiro atoms. The molecule has 0 aliphatic heterocycles. The van der Waals surface area contributed by atoms with E-state index in [-0.39, 0.29) is 0 Å². The van der Waals surface area contributed by atoms with Gasteiger partial charge in [-0.15, -0.1) is 0 Å². The van der Waals surface area contributed by atoms with Crippen LogP contribution in [0.1, 0.15) is 19.4 Å². The maximum absolute atomic E-state index is 5.78. The Morgan fingerprint density at radius 2 is 1.73 bits per heavy atom. The molecule has 5 N–H and O–H groups in total. The lowest BCUT2D eigenvalue weighted by atomic mass is 10.1. The first-order valence-corrected chi connectivity index (χ1v) is 7.88. The number of hydrogen-bond donors (Lipinski definition) is 3. The van der Waals surface area contributed by atoms with Gasteiger partial charge in [0.1, 0.15) is 0 Å². The van der Waals surface area contributed by atoms with Gasteiger partial charge in [0.25, 0.3) is 0 Å². The first-order valence-electron chi connectivity index (χ1n) is 7.06. The summed E-state index contributed by atoms with van der Waals surface area (Å²) in [6, 6.07) is 10.4. The Balaban J connectivity index is 0.000000396. The van der Waals surface area contributed by atoms with Crippen LogP contribution in [-0.2, 0) is 0 Å². The van der Waals surface area contributed by atoms with Crippen molar-refractivity contribution in [3.8, 4) is 21.8 Å². The van der Waals surface area contributed by atoms with Crippen molar-refractivity contribution in [1.82, 2.24) is 14.3 Å². The third-order valence-corrected chi connectivity index (χ3v) is 3.56. The van der Waals surface area contributed by atoms with Crippen LogP contribution in [0.5, 0.6) is 0 Å². The lowest BCUT2D eigenvalue weighted by Crippen LogP contribution is -2.06. The van der Waals surface area contributed by atoms with Crippen molar-refractivity contribution in [3.63, 3.8) is 0 Å². The van der Waals surface area contributed by atoms with Crippen LogP contribution < -0.4 is 11.5 Å². The Morgan fingerprint density at radius 3 is 2.27 bits per heavy atom. The lowest BCUT2D eigenvalue weighted by Gasteiger charge is -2.08. The van der Waals surface area contributed by atoms with Crippen molar-refractivity contribution in [2.45, 2.75) is 26.8 Å². The average molecular weight is 315 g/mol. The van der Waals surface area contributed by atoms with Crippen LogP contribution in [0.15, 0.2) is 36.5 Å². The molecule has 0 amide bonds. The minimum atomic E-state index is 0.305. The summed E-state index contributed by atoms with van der Waals surface area (Å²) in [7, 11) is 0. The first-order chi connectivity index (χ1) is 10.5. The Kier molecular flexibility index (Phi) is 5.30. The number of nitrogen functional groups attached to an aromatic ring is 1. The summed E-state index contributed by atoms with van der Waals surface area (Å²) < 4.78 is 3.00. The third kappa shape index (κ3) is 4.16. The molecule has 0 aliphatic rings. The van der Waals surface area contributed by atoms with Crippen molar-refractivity contribution >= 4 is 17.5 Å². The second-order valence-electron chi connectivity index (χ2n) is 5.28. The smallest absolute Gasteiger partial charge is 0.221 e. The SMILES string of the molecule is CC(C)N.Cc1ccccc1-c1cc(-c2c[nH]s2)nc(N)n1. The lowest BCUT2D eigenvalue weighted by molar-refractivity contribution is 0.834. The van der Waals surface area contributed by atoms with Gasteiger partial charge >= 0.3 is 0 Å². The van der Waals surface area contributed by atoms with Crippen molar-refractivity contribution in [2.24, 2.45) is 5.73 Å². The highest BCUT2D eigenvalue weighted by Gasteiger charge is 2.10. The Bertz CT molecular complexity index is 718. The van der Waals surface area contributed by atoms with Gasteiger partial charge in [-0.2, -0.15) is 0 Å². The van der Waals surface area contributed by atoms with E-state index in [0.717, 1.165) is 21.8 Å². The molecule has 3 aromatic rings. The second kappa shape index (κ2) is 7.20. The fourth-order valence-corrected chi connectivity index (χ4v) is 2.28. The molecule has 2 heterocycles. The fraction of sp³-hybridized carbons (Fsp3) is 0.250. The van der Waals surface area contributed by atoms with Crippen LogP contribution in [0.25, 0.3) is 21.8 Å². The van der Waals surface area contributed by atoms with E-state index in [9.17, 15) is 0 Å². The molecule has 0 fully saturated rings. The Hall–Kier alpha value is -2.18. The number of hydrogen-bond acceptors (Lipinski definition) is 5. The van der Waals surface area contributed by atoms with Crippen molar-refractivity contribution < 1.29 is 0 Å². The maximum atomic E-state index is 5.78. The molecule has 0 radical (unpaired) electrons. The number of aromatic nitrogens is 3. The molecule has 0 unspecified atom stereocenters. The predicted octanol–water partition coefficient (Wildman–Crippen LogP) is 3.44. The van der Waals surface area contributed by atoms with Crippen LogP contribution in [0.4, 0.5) is 5.95 Å². The van der Waals surface area contributed by atoms with E-state index in [0.29, 0.717) is 12.0 Å². The number of nitrogens with one attached hydrogen (secondary N) is 1. The molecule has 116 valence electrons. The van der Waals surface area contributed by atoms with Crippen LogP contribution in [0.3, 0.4) is 0 Å². The Morgan fingerprint density at radius 1 is 1.14 bits per heavy atom. The molecule has 1 aromatic carbocycles. The zero-order valence-corrected chi connectivity index (χ0v) is 13.8. The summed E-state index contributed by atoms with van der Waals surface area (Å²) in [5.41, 5.74) is 14.9. The number of benzene rings is 1. The van der Waals surface area contributed by atoms with Crippen molar-refractivity contribution in [3.05, 3.63) is 42.1 Å². The number of aromatic amines is 1. The number of nitrogens with two attached hydrogens (primary N) is 2. The molecule has 6 heteroatoms. The second-order valence-corrected chi connectivity index (χ2v) is 6.16. The van der Waals surface area contributed by atoms with Gasteiger partial charge in [0, 0.05) is 11.8 Å². The van der Waals surface area contributed by atoms with Gasteiger partial charge in [-0.1, -0.05) is 49.6 Å². The van der Waals surface area contributed by atoms with Gasteiger partial charge in [0.2, 0.25) is 5.95 Å². The van der Waals surface area contributed by atoms with E-state index < -0.39 is 0 Å².